The van der Waals surface area contributed by atoms with E-state index in [0.29, 0.717) is 5.92 Å². The summed E-state index contributed by atoms with van der Waals surface area (Å²) in [4.78, 5) is 0.127. The molecule has 0 aromatic rings. The molecule has 0 aromatic carbocycles. The van der Waals surface area contributed by atoms with E-state index in [1.807, 2.05) is 6.92 Å². The number of aliphatic hydroxyl groups is 1. The topological polar surface area (TPSA) is 20.2 Å². The fourth-order valence-electron chi connectivity index (χ4n) is 4.75. The molecular weight excluding hydrogens is 196 g/mol. The van der Waals surface area contributed by atoms with Gasteiger partial charge in [0, 0.05) is 4.87 Å². The standard InChI is InChI=1S/C12H19ClO/c1-7(14)11-9-2-8-3-10(11)6-12(13,4-8)5-9/h7-11,14H,2-6H2,1H3. The van der Waals surface area contributed by atoms with Crippen molar-refractivity contribution in [2.45, 2.75) is 50.0 Å². The highest BCUT2D eigenvalue weighted by Crippen LogP contribution is 2.61. The number of hydrogen-bond donors (Lipinski definition) is 1. The molecule has 4 rings (SSSR count). The van der Waals surface area contributed by atoms with Crippen LogP contribution in [0.3, 0.4) is 0 Å². The van der Waals surface area contributed by atoms with E-state index in [2.05, 4.69) is 0 Å². The van der Waals surface area contributed by atoms with E-state index in [4.69, 9.17) is 11.6 Å². The maximum Gasteiger partial charge on any atom is 0.0545 e. The quantitative estimate of drug-likeness (QED) is 0.666. The fraction of sp³-hybridized carbons (Fsp3) is 1.00. The third kappa shape index (κ3) is 1.25. The molecule has 4 bridgehead atoms. The summed E-state index contributed by atoms with van der Waals surface area (Å²) >= 11 is 6.62. The highest BCUT2D eigenvalue weighted by Gasteiger charge is 2.55. The first-order valence-corrected chi connectivity index (χ1v) is 6.32. The monoisotopic (exact) mass is 214 g/mol. The predicted molar refractivity (Wildman–Crippen MR) is 57.3 cm³/mol. The largest absolute Gasteiger partial charge is 0.393 e. The molecule has 4 aliphatic rings. The summed E-state index contributed by atoms with van der Waals surface area (Å²) < 4.78 is 0. The fourth-order valence-corrected chi connectivity index (χ4v) is 5.37. The van der Waals surface area contributed by atoms with E-state index in [0.717, 1.165) is 30.6 Å². The highest BCUT2D eigenvalue weighted by molar-refractivity contribution is 6.24. The van der Waals surface area contributed by atoms with Gasteiger partial charge in [0.2, 0.25) is 0 Å². The van der Waals surface area contributed by atoms with Gasteiger partial charge in [-0.1, -0.05) is 0 Å². The molecule has 4 saturated carbocycles. The molecule has 3 unspecified atom stereocenters. The summed E-state index contributed by atoms with van der Waals surface area (Å²) in [6.07, 6.45) is 6.12. The molecule has 0 aromatic heterocycles. The molecule has 80 valence electrons. The molecule has 1 N–H and O–H groups in total. The molecular formula is C12H19ClO. The summed E-state index contributed by atoms with van der Waals surface area (Å²) in [6, 6.07) is 0. The van der Waals surface area contributed by atoms with E-state index >= 15 is 0 Å². The van der Waals surface area contributed by atoms with Crippen LogP contribution in [0.15, 0.2) is 0 Å². The minimum atomic E-state index is -0.120. The lowest BCUT2D eigenvalue weighted by Crippen LogP contribution is -2.54. The van der Waals surface area contributed by atoms with Gasteiger partial charge in [0.05, 0.1) is 6.10 Å². The minimum Gasteiger partial charge on any atom is -0.393 e. The third-order valence-corrected chi connectivity index (χ3v) is 5.29. The Kier molecular flexibility index (Phi) is 1.95. The number of hydrogen-bond acceptors (Lipinski definition) is 1. The van der Waals surface area contributed by atoms with Crippen LogP contribution in [0.1, 0.15) is 39.0 Å². The van der Waals surface area contributed by atoms with Crippen LogP contribution < -0.4 is 0 Å². The summed E-state index contributed by atoms with van der Waals surface area (Å²) in [5.74, 6) is 2.87. The van der Waals surface area contributed by atoms with Crippen LogP contribution in [-0.4, -0.2) is 16.1 Å². The van der Waals surface area contributed by atoms with Crippen LogP contribution in [0.25, 0.3) is 0 Å². The Morgan fingerprint density at radius 1 is 1.21 bits per heavy atom. The summed E-state index contributed by atoms with van der Waals surface area (Å²) in [6.45, 7) is 1.97. The molecule has 0 radical (unpaired) electrons. The van der Waals surface area contributed by atoms with Crippen LogP contribution in [0.2, 0.25) is 0 Å². The van der Waals surface area contributed by atoms with Crippen LogP contribution in [0, 0.1) is 23.7 Å². The van der Waals surface area contributed by atoms with Crippen molar-refractivity contribution in [1.29, 1.82) is 0 Å². The SMILES string of the molecule is CC(O)C1C2CC3CC1CC(Cl)(C3)C2. The van der Waals surface area contributed by atoms with Crippen molar-refractivity contribution in [3.05, 3.63) is 0 Å². The van der Waals surface area contributed by atoms with E-state index < -0.39 is 0 Å². The lowest BCUT2D eigenvalue weighted by molar-refractivity contribution is -0.0749. The maximum absolute atomic E-state index is 9.82. The van der Waals surface area contributed by atoms with Gasteiger partial charge in [-0.25, -0.2) is 0 Å². The molecule has 0 amide bonds. The zero-order valence-corrected chi connectivity index (χ0v) is 9.50. The Morgan fingerprint density at radius 3 is 2.21 bits per heavy atom. The van der Waals surface area contributed by atoms with Crippen molar-refractivity contribution in [3.8, 4) is 0 Å². The van der Waals surface area contributed by atoms with Crippen LogP contribution in [0.4, 0.5) is 0 Å². The molecule has 0 saturated heterocycles. The summed E-state index contributed by atoms with van der Waals surface area (Å²) in [5, 5.41) is 9.82. The molecule has 4 aliphatic carbocycles. The second kappa shape index (κ2) is 2.89. The smallest absolute Gasteiger partial charge is 0.0545 e. The molecule has 2 heteroatoms. The van der Waals surface area contributed by atoms with Crippen molar-refractivity contribution < 1.29 is 5.11 Å². The molecule has 4 fully saturated rings. The van der Waals surface area contributed by atoms with Gasteiger partial charge in [-0.2, -0.15) is 0 Å². The normalized spacial score (nSPS) is 57.6. The maximum atomic E-state index is 9.82. The second-order valence-electron chi connectivity index (χ2n) is 5.94. The van der Waals surface area contributed by atoms with Crippen LogP contribution in [-0.2, 0) is 0 Å². The van der Waals surface area contributed by atoms with Crippen molar-refractivity contribution >= 4 is 11.6 Å². The van der Waals surface area contributed by atoms with E-state index in [1.165, 1.54) is 19.3 Å². The number of alkyl halides is 1. The first-order valence-electron chi connectivity index (χ1n) is 5.94. The highest BCUT2D eigenvalue weighted by atomic mass is 35.5. The van der Waals surface area contributed by atoms with Gasteiger partial charge in [-0.15, -0.1) is 11.6 Å². The zero-order valence-electron chi connectivity index (χ0n) is 8.75. The Morgan fingerprint density at radius 2 is 1.79 bits per heavy atom. The average molecular weight is 215 g/mol. The van der Waals surface area contributed by atoms with Gasteiger partial charge in [0.25, 0.3) is 0 Å². The van der Waals surface area contributed by atoms with Gasteiger partial charge < -0.3 is 5.11 Å². The van der Waals surface area contributed by atoms with Crippen molar-refractivity contribution in [2.75, 3.05) is 0 Å². The van der Waals surface area contributed by atoms with Gasteiger partial charge in [-0.3, -0.25) is 0 Å². The zero-order chi connectivity index (χ0) is 9.92. The third-order valence-electron chi connectivity index (χ3n) is 4.83. The first kappa shape index (κ1) is 9.47. The van der Waals surface area contributed by atoms with Crippen LogP contribution >= 0.6 is 11.6 Å². The van der Waals surface area contributed by atoms with E-state index in [1.54, 1.807) is 0 Å². The Bertz CT molecular complexity index is 235. The van der Waals surface area contributed by atoms with Crippen LogP contribution in [0.5, 0.6) is 0 Å². The Hall–Kier alpha value is 0.250. The Balaban J connectivity index is 1.89. The minimum absolute atomic E-state index is 0.120. The molecule has 0 heterocycles. The van der Waals surface area contributed by atoms with Gasteiger partial charge in [-0.05, 0) is 62.7 Å². The molecule has 3 atom stereocenters. The van der Waals surface area contributed by atoms with Gasteiger partial charge >= 0.3 is 0 Å². The Labute approximate surface area is 90.8 Å². The summed E-state index contributed by atoms with van der Waals surface area (Å²) in [5.41, 5.74) is 0. The first-order chi connectivity index (χ1) is 6.57. The molecule has 1 nitrogen and oxygen atoms in total. The molecule has 0 spiro atoms. The van der Waals surface area contributed by atoms with E-state index in [9.17, 15) is 5.11 Å². The number of aliphatic hydroxyl groups excluding tert-OH is 1. The average Bonchev–Trinajstić information content (AvgIpc) is 1.97. The second-order valence-corrected chi connectivity index (χ2v) is 6.74. The lowest BCUT2D eigenvalue weighted by Gasteiger charge is -2.58. The number of rotatable bonds is 1. The van der Waals surface area contributed by atoms with Gasteiger partial charge in [0.1, 0.15) is 0 Å². The van der Waals surface area contributed by atoms with Crippen molar-refractivity contribution in [2.24, 2.45) is 23.7 Å². The lowest BCUT2D eigenvalue weighted by atomic mass is 9.50. The molecule has 0 aliphatic heterocycles. The van der Waals surface area contributed by atoms with E-state index in [-0.39, 0.29) is 11.0 Å². The van der Waals surface area contributed by atoms with Crippen molar-refractivity contribution in [3.63, 3.8) is 0 Å². The molecule has 14 heavy (non-hydrogen) atoms. The van der Waals surface area contributed by atoms with Gasteiger partial charge in [0.15, 0.2) is 0 Å². The predicted octanol–water partition coefficient (Wildman–Crippen LogP) is 2.80. The number of halogens is 1. The van der Waals surface area contributed by atoms with Crippen molar-refractivity contribution in [1.82, 2.24) is 0 Å². The summed E-state index contributed by atoms with van der Waals surface area (Å²) in [7, 11) is 0.